The maximum Gasteiger partial charge on any atom is 0.125 e. The molecule has 1 aliphatic heterocycles. The van der Waals surface area contributed by atoms with Crippen LogP contribution in [0.25, 0.3) is 0 Å². The molecule has 2 saturated carbocycles. The van der Waals surface area contributed by atoms with Crippen molar-refractivity contribution in [2.24, 2.45) is 21.5 Å². The van der Waals surface area contributed by atoms with E-state index in [9.17, 15) is 0 Å². The molecule has 2 aromatic carbocycles. The van der Waals surface area contributed by atoms with Gasteiger partial charge in [-0.05, 0) is 74.2 Å². The number of rotatable bonds is 6. The summed E-state index contributed by atoms with van der Waals surface area (Å²) in [4.78, 5) is 14.5. The Balaban J connectivity index is 0.00000200. The molecule has 2 aromatic rings. The highest BCUT2D eigenvalue weighted by Gasteiger charge is 2.19. The Morgan fingerprint density at radius 2 is 0.842 bits per heavy atom. The van der Waals surface area contributed by atoms with E-state index < -0.39 is 0 Å². The van der Waals surface area contributed by atoms with E-state index in [0.29, 0.717) is 23.8 Å². The van der Waals surface area contributed by atoms with Crippen LogP contribution >= 0.6 is 24.8 Å². The summed E-state index contributed by atoms with van der Waals surface area (Å²) in [7, 11) is 0. The third-order valence-corrected chi connectivity index (χ3v) is 8.13. The fourth-order valence-electron chi connectivity index (χ4n) is 5.87. The van der Waals surface area contributed by atoms with Crippen molar-refractivity contribution in [1.29, 1.82) is 0 Å². The minimum absolute atomic E-state index is 0. The lowest BCUT2D eigenvalue weighted by atomic mass is 9.96. The highest BCUT2D eigenvalue weighted by atomic mass is 35.5. The van der Waals surface area contributed by atoms with Crippen LogP contribution in [-0.4, -0.2) is 49.9 Å². The molecule has 8 heteroatoms. The summed E-state index contributed by atoms with van der Waals surface area (Å²) in [6.07, 6.45) is 12.5. The van der Waals surface area contributed by atoms with Crippen molar-refractivity contribution in [3.05, 3.63) is 59.7 Å². The van der Waals surface area contributed by atoms with E-state index in [-0.39, 0.29) is 24.8 Å². The van der Waals surface area contributed by atoms with Crippen molar-refractivity contribution in [3.63, 3.8) is 0 Å². The fraction of sp³-hybridized carbons (Fsp3) is 0.533. The molecule has 6 nitrogen and oxygen atoms in total. The molecule has 1 saturated heterocycles. The van der Waals surface area contributed by atoms with Crippen LogP contribution in [-0.2, 0) is 0 Å². The number of benzene rings is 2. The SMILES string of the molecule is Cl.Cl.NC(=NC1CCCCC1)c1ccc(N2CCN(c3ccc(C(N)=NC4CCCCC4)cc3)CC2)cc1. The smallest absolute Gasteiger partial charge is 0.125 e. The van der Waals surface area contributed by atoms with Gasteiger partial charge in [0, 0.05) is 48.7 Å². The second kappa shape index (κ2) is 14.6. The Morgan fingerprint density at radius 3 is 1.16 bits per heavy atom. The number of hydrogen-bond donors (Lipinski definition) is 2. The third-order valence-electron chi connectivity index (χ3n) is 8.13. The van der Waals surface area contributed by atoms with Gasteiger partial charge in [0.05, 0.1) is 12.1 Å². The predicted molar refractivity (Wildman–Crippen MR) is 167 cm³/mol. The Bertz CT molecular complexity index is 948. The zero-order valence-corrected chi connectivity index (χ0v) is 24.1. The highest BCUT2D eigenvalue weighted by molar-refractivity contribution is 5.98. The number of nitrogens with two attached hydrogens (primary N) is 2. The van der Waals surface area contributed by atoms with Crippen molar-refractivity contribution in [1.82, 2.24) is 0 Å². The maximum atomic E-state index is 6.33. The van der Waals surface area contributed by atoms with E-state index in [1.165, 1.54) is 75.6 Å². The first-order valence-corrected chi connectivity index (χ1v) is 14.0. The Kier molecular flexibility index (Phi) is 11.6. The summed E-state index contributed by atoms with van der Waals surface area (Å²) < 4.78 is 0. The first-order chi connectivity index (χ1) is 17.7. The van der Waals surface area contributed by atoms with E-state index in [4.69, 9.17) is 21.5 Å². The molecule has 0 atom stereocenters. The summed E-state index contributed by atoms with van der Waals surface area (Å²) in [5, 5.41) is 0. The number of aliphatic imine (C=N–C) groups is 2. The molecule has 0 spiro atoms. The molecule has 0 amide bonds. The van der Waals surface area contributed by atoms with Gasteiger partial charge in [-0.2, -0.15) is 0 Å². The van der Waals surface area contributed by atoms with Crippen molar-refractivity contribution >= 4 is 47.9 Å². The highest BCUT2D eigenvalue weighted by Crippen LogP contribution is 2.24. The summed E-state index contributed by atoms with van der Waals surface area (Å²) >= 11 is 0. The van der Waals surface area contributed by atoms with Crippen molar-refractivity contribution in [2.45, 2.75) is 76.3 Å². The predicted octanol–water partition coefficient (Wildman–Crippen LogP) is 5.93. The van der Waals surface area contributed by atoms with Crippen molar-refractivity contribution in [2.75, 3.05) is 36.0 Å². The Labute approximate surface area is 240 Å². The van der Waals surface area contributed by atoms with Crippen LogP contribution in [0.4, 0.5) is 11.4 Å². The summed E-state index contributed by atoms with van der Waals surface area (Å²) in [6.45, 7) is 3.99. The lowest BCUT2D eigenvalue weighted by Crippen LogP contribution is -2.46. The normalized spacial score (nSPS) is 20.0. The van der Waals surface area contributed by atoms with E-state index in [1.807, 2.05) is 0 Å². The third kappa shape index (κ3) is 7.79. The minimum Gasteiger partial charge on any atom is -0.383 e. The topological polar surface area (TPSA) is 83.2 Å². The molecule has 0 aromatic heterocycles. The Morgan fingerprint density at radius 1 is 0.526 bits per heavy atom. The Hall–Kier alpha value is -2.44. The monoisotopic (exact) mass is 558 g/mol. The lowest BCUT2D eigenvalue weighted by molar-refractivity contribution is 0.443. The van der Waals surface area contributed by atoms with Crippen LogP contribution in [0.2, 0.25) is 0 Å². The molecule has 38 heavy (non-hydrogen) atoms. The number of amidine groups is 2. The lowest BCUT2D eigenvalue weighted by Gasteiger charge is -2.37. The van der Waals surface area contributed by atoms with Gasteiger partial charge in [-0.3, -0.25) is 9.98 Å². The maximum absolute atomic E-state index is 6.33. The van der Waals surface area contributed by atoms with Crippen LogP contribution in [0, 0.1) is 0 Å². The van der Waals surface area contributed by atoms with Crippen LogP contribution in [0.3, 0.4) is 0 Å². The van der Waals surface area contributed by atoms with E-state index in [2.05, 4.69) is 58.3 Å². The summed E-state index contributed by atoms with van der Waals surface area (Å²) in [6, 6.07) is 18.1. The average molecular weight is 560 g/mol. The zero-order chi connectivity index (χ0) is 24.7. The van der Waals surface area contributed by atoms with Crippen LogP contribution in [0.5, 0.6) is 0 Å². The largest absolute Gasteiger partial charge is 0.383 e. The van der Waals surface area contributed by atoms with Crippen molar-refractivity contribution < 1.29 is 0 Å². The average Bonchev–Trinajstić information content (AvgIpc) is 2.94. The zero-order valence-electron chi connectivity index (χ0n) is 22.4. The van der Waals surface area contributed by atoms with Crippen LogP contribution < -0.4 is 21.3 Å². The first-order valence-electron chi connectivity index (χ1n) is 14.0. The molecule has 2 aliphatic carbocycles. The second-order valence-corrected chi connectivity index (χ2v) is 10.7. The standard InChI is InChI=1S/C30H42N6.2ClH/c31-29(33-25-7-3-1-4-8-25)23-11-15-27(16-12-23)35-19-21-36(22-20-35)28-17-13-24(14-18-28)30(32)34-26-9-5-2-6-10-26;;/h11-18,25-26H,1-10,19-22H2,(H2,31,33)(H2,32,34);2*1H. The van der Waals surface area contributed by atoms with Gasteiger partial charge in [-0.15, -0.1) is 24.8 Å². The fourth-order valence-corrected chi connectivity index (χ4v) is 5.87. The first kappa shape index (κ1) is 30.1. The van der Waals surface area contributed by atoms with Gasteiger partial charge >= 0.3 is 0 Å². The van der Waals surface area contributed by atoms with Crippen LogP contribution in [0.15, 0.2) is 58.5 Å². The molecule has 0 radical (unpaired) electrons. The van der Waals surface area contributed by atoms with Crippen molar-refractivity contribution in [3.8, 4) is 0 Å². The molecule has 5 rings (SSSR count). The second-order valence-electron chi connectivity index (χ2n) is 10.7. The molecular formula is C30H44Cl2N6. The molecule has 208 valence electrons. The molecule has 1 heterocycles. The number of nitrogens with zero attached hydrogens (tertiary/aromatic N) is 4. The summed E-state index contributed by atoms with van der Waals surface area (Å²) in [5.74, 6) is 1.37. The summed E-state index contributed by atoms with van der Waals surface area (Å²) in [5.41, 5.74) is 17.2. The van der Waals surface area contributed by atoms with E-state index >= 15 is 0 Å². The number of halogens is 2. The van der Waals surface area contributed by atoms with Gasteiger partial charge in [0.15, 0.2) is 0 Å². The number of anilines is 2. The van der Waals surface area contributed by atoms with E-state index in [0.717, 1.165) is 37.3 Å². The quantitative estimate of drug-likeness (QED) is 0.339. The molecule has 0 unspecified atom stereocenters. The molecule has 3 fully saturated rings. The van der Waals surface area contributed by atoms with Gasteiger partial charge < -0.3 is 21.3 Å². The number of hydrogen-bond acceptors (Lipinski definition) is 4. The van der Waals surface area contributed by atoms with Gasteiger partial charge in [0.2, 0.25) is 0 Å². The molecule has 0 bridgehead atoms. The van der Waals surface area contributed by atoms with Gasteiger partial charge in [-0.25, -0.2) is 0 Å². The van der Waals surface area contributed by atoms with Gasteiger partial charge in [0.1, 0.15) is 11.7 Å². The van der Waals surface area contributed by atoms with Crippen LogP contribution in [0.1, 0.15) is 75.3 Å². The molecule has 3 aliphatic rings. The molecule has 4 N–H and O–H groups in total. The molecular weight excluding hydrogens is 515 g/mol. The minimum atomic E-state index is 0. The van der Waals surface area contributed by atoms with Gasteiger partial charge in [0.25, 0.3) is 0 Å². The van der Waals surface area contributed by atoms with E-state index in [1.54, 1.807) is 0 Å². The number of piperazine rings is 1. The van der Waals surface area contributed by atoms with Gasteiger partial charge in [-0.1, -0.05) is 38.5 Å².